The number of hydrogen-bond donors (Lipinski definition) is 1. The van der Waals surface area contributed by atoms with E-state index in [2.05, 4.69) is 4.74 Å². The largest absolute Gasteiger partial charge is 1.00 e. The molecule has 0 radical (unpaired) electrons. The van der Waals surface area contributed by atoms with Crippen LogP contribution in [0.4, 0.5) is 0 Å². The normalized spacial score (nSPS) is 11.4. The molecule has 1 N–H and O–H groups in total. The molecule has 0 rings (SSSR count). The average Bonchev–Trinajstić information content (AvgIpc) is 1.67. The van der Waals surface area contributed by atoms with Crippen LogP contribution in [0.5, 0.6) is 0 Å². The van der Waals surface area contributed by atoms with E-state index in [0.29, 0.717) is 6.61 Å². The van der Waals surface area contributed by atoms with Gasteiger partial charge in [-0.15, -0.1) is 0 Å². The molecular weight excluding hydrogens is 131 g/mol. The Morgan fingerprint density at radius 1 is 1.78 bits per heavy atom. The van der Waals surface area contributed by atoms with Crippen LogP contribution in [0.1, 0.15) is 13.8 Å². The van der Waals surface area contributed by atoms with E-state index in [4.69, 9.17) is 5.11 Å². The van der Waals surface area contributed by atoms with Gasteiger partial charge in [0.15, 0.2) is 0 Å². The van der Waals surface area contributed by atoms with E-state index < -0.39 is 12.1 Å². The van der Waals surface area contributed by atoms with Crippen molar-refractivity contribution >= 4 is 5.97 Å². The van der Waals surface area contributed by atoms with Crippen molar-refractivity contribution in [2.45, 2.75) is 20.0 Å². The number of aliphatic hydroxyl groups excluding tert-OH is 1. The summed E-state index contributed by atoms with van der Waals surface area (Å²) in [7, 11) is 0. The fourth-order valence-electron chi connectivity index (χ4n) is 0.263. The van der Waals surface area contributed by atoms with E-state index in [-0.39, 0.29) is 29.6 Å². The fourth-order valence-corrected chi connectivity index (χ4v) is 0.263. The van der Waals surface area contributed by atoms with E-state index in [9.17, 15) is 4.79 Å². The van der Waals surface area contributed by atoms with Crippen molar-refractivity contribution in [2.24, 2.45) is 0 Å². The van der Waals surface area contributed by atoms with Gasteiger partial charge in [-0.2, -0.15) is 0 Å². The number of hydrogen-bond acceptors (Lipinski definition) is 3. The minimum absolute atomic E-state index is 0. The first-order valence-corrected chi connectivity index (χ1v) is 2.53. The number of rotatable bonds is 2. The van der Waals surface area contributed by atoms with Crippen molar-refractivity contribution in [3.63, 3.8) is 0 Å². The molecule has 0 fully saturated rings. The topological polar surface area (TPSA) is 46.5 Å². The molecule has 0 aromatic heterocycles. The molecule has 1 unspecified atom stereocenters. The maximum atomic E-state index is 10.3. The molecule has 0 spiro atoms. The van der Waals surface area contributed by atoms with Crippen LogP contribution in [0.15, 0.2) is 0 Å². The Morgan fingerprint density at radius 2 is 2.22 bits per heavy atom. The van der Waals surface area contributed by atoms with Gasteiger partial charge in [-0.3, -0.25) is 0 Å². The summed E-state index contributed by atoms with van der Waals surface area (Å²) in [6, 6.07) is 0. The second kappa shape index (κ2) is 6.55. The number of ether oxygens (including phenoxy) is 1. The minimum Gasteiger partial charge on any atom is -0.464 e. The van der Waals surface area contributed by atoms with Gasteiger partial charge >= 0.3 is 35.5 Å². The average molecular weight is 141 g/mol. The molecule has 4 heteroatoms. The molecule has 0 aliphatic rings. The summed E-state index contributed by atoms with van der Waals surface area (Å²) in [5.74, 6) is -0.562. The van der Waals surface area contributed by atoms with E-state index in [0.717, 1.165) is 0 Å². The summed E-state index contributed by atoms with van der Waals surface area (Å²) in [6.07, 6.45) is -0.991. The molecule has 0 aromatic carbocycles. The van der Waals surface area contributed by atoms with E-state index >= 15 is 0 Å². The second-order valence-electron chi connectivity index (χ2n) is 1.43. The maximum absolute atomic E-state index is 10.3. The van der Waals surface area contributed by atoms with Crippen LogP contribution in [0, 0.1) is 0 Å². The standard InChI is InChI=1S/C5H10O3.Na/c1-3-8-5(7)4(2)6;/h4,6H,3H2,1-2H3;/q;+1. The Labute approximate surface area is 76.7 Å². The molecule has 0 saturated heterocycles. The summed E-state index contributed by atoms with van der Waals surface area (Å²) in [6.45, 7) is 3.39. The molecule has 0 aliphatic heterocycles. The summed E-state index contributed by atoms with van der Waals surface area (Å²) in [4.78, 5) is 10.3. The molecule has 0 bridgehead atoms. The number of carbonyl (C=O) groups is 1. The molecule has 1 atom stereocenters. The molecule has 9 heavy (non-hydrogen) atoms. The number of aliphatic hydroxyl groups is 1. The van der Waals surface area contributed by atoms with Gasteiger partial charge in [0.25, 0.3) is 0 Å². The zero-order valence-corrected chi connectivity index (χ0v) is 8.05. The zero-order chi connectivity index (χ0) is 6.57. The fraction of sp³-hybridized carbons (Fsp3) is 0.800. The smallest absolute Gasteiger partial charge is 0.464 e. The van der Waals surface area contributed by atoms with E-state index in [1.54, 1.807) is 6.92 Å². The van der Waals surface area contributed by atoms with Crippen LogP contribution in [0.3, 0.4) is 0 Å². The Hall–Kier alpha value is 0.430. The zero-order valence-electron chi connectivity index (χ0n) is 6.05. The SMILES string of the molecule is CCOC(=O)C(C)O.[Na+]. The molecule has 0 heterocycles. The maximum Gasteiger partial charge on any atom is 1.00 e. The first kappa shape index (κ1) is 12.1. The quantitative estimate of drug-likeness (QED) is 0.328. The van der Waals surface area contributed by atoms with Crippen molar-refractivity contribution in [3.8, 4) is 0 Å². The first-order chi connectivity index (χ1) is 3.68. The van der Waals surface area contributed by atoms with Crippen LogP contribution < -0.4 is 29.6 Å². The predicted octanol–water partition coefficient (Wildman–Crippen LogP) is -3.07. The third-order valence-electron chi connectivity index (χ3n) is 0.628. The molecule has 3 nitrogen and oxygen atoms in total. The van der Waals surface area contributed by atoms with Crippen molar-refractivity contribution < 1.29 is 44.2 Å². The number of esters is 1. The summed E-state index contributed by atoms with van der Waals surface area (Å²) in [5.41, 5.74) is 0. The van der Waals surface area contributed by atoms with Crippen LogP contribution in [0.25, 0.3) is 0 Å². The van der Waals surface area contributed by atoms with Crippen molar-refractivity contribution in [1.82, 2.24) is 0 Å². The van der Waals surface area contributed by atoms with Gasteiger partial charge in [0.1, 0.15) is 6.10 Å². The molecular formula is C5H10NaO3+. The molecule has 0 amide bonds. The van der Waals surface area contributed by atoms with E-state index in [1.807, 2.05) is 0 Å². The van der Waals surface area contributed by atoms with Crippen LogP contribution in [-0.4, -0.2) is 23.8 Å². The molecule has 48 valence electrons. The molecule has 0 aromatic rings. The first-order valence-electron chi connectivity index (χ1n) is 2.53. The van der Waals surface area contributed by atoms with Crippen molar-refractivity contribution in [2.75, 3.05) is 6.61 Å². The van der Waals surface area contributed by atoms with Gasteiger partial charge in [-0.25, -0.2) is 4.79 Å². The van der Waals surface area contributed by atoms with Gasteiger partial charge in [0.2, 0.25) is 0 Å². The van der Waals surface area contributed by atoms with Gasteiger partial charge in [0.05, 0.1) is 6.61 Å². The van der Waals surface area contributed by atoms with Gasteiger partial charge in [0, 0.05) is 0 Å². The Kier molecular flexibility index (Phi) is 8.83. The Morgan fingerprint density at radius 3 is 2.33 bits per heavy atom. The minimum atomic E-state index is -0.991. The van der Waals surface area contributed by atoms with E-state index in [1.165, 1.54) is 6.92 Å². The van der Waals surface area contributed by atoms with Gasteiger partial charge < -0.3 is 9.84 Å². The second-order valence-corrected chi connectivity index (χ2v) is 1.43. The van der Waals surface area contributed by atoms with Crippen LogP contribution in [-0.2, 0) is 9.53 Å². The van der Waals surface area contributed by atoms with Gasteiger partial charge in [-0.05, 0) is 13.8 Å². The summed E-state index contributed by atoms with van der Waals surface area (Å²) >= 11 is 0. The van der Waals surface area contributed by atoms with Crippen LogP contribution >= 0.6 is 0 Å². The molecule has 0 aliphatic carbocycles. The Balaban J connectivity index is 0. The molecule has 0 saturated carbocycles. The summed E-state index contributed by atoms with van der Waals surface area (Å²) < 4.78 is 4.41. The third-order valence-corrected chi connectivity index (χ3v) is 0.628. The predicted molar refractivity (Wildman–Crippen MR) is 28.3 cm³/mol. The van der Waals surface area contributed by atoms with Crippen LogP contribution in [0.2, 0.25) is 0 Å². The number of carbonyl (C=O) groups excluding carboxylic acids is 1. The Bertz CT molecular complexity index is 82.3. The van der Waals surface area contributed by atoms with Gasteiger partial charge in [-0.1, -0.05) is 0 Å². The third kappa shape index (κ3) is 6.31. The monoisotopic (exact) mass is 141 g/mol. The summed E-state index contributed by atoms with van der Waals surface area (Å²) in [5, 5.41) is 8.48. The van der Waals surface area contributed by atoms with Crippen molar-refractivity contribution in [1.29, 1.82) is 0 Å². The van der Waals surface area contributed by atoms with Crippen molar-refractivity contribution in [3.05, 3.63) is 0 Å².